The van der Waals surface area contributed by atoms with Crippen LogP contribution in [0.1, 0.15) is 11.1 Å². The summed E-state index contributed by atoms with van der Waals surface area (Å²) < 4.78 is 0. The van der Waals surface area contributed by atoms with Gasteiger partial charge < -0.3 is 10.8 Å². The van der Waals surface area contributed by atoms with Crippen molar-refractivity contribution in [1.82, 2.24) is 0 Å². The number of phenols is 1. The highest BCUT2D eigenvalue weighted by atomic mass is 35.5. The van der Waals surface area contributed by atoms with E-state index in [-0.39, 0.29) is 10.8 Å². The lowest BCUT2D eigenvalue weighted by atomic mass is 10.1. The number of hydrogen-bond acceptors (Lipinski definition) is 2. The fourth-order valence-corrected chi connectivity index (χ4v) is 1.34. The third kappa shape index (κ3) is 2.50. The van der Waals surface area contributed by atoms with Crippen molar-refractivity contribution in [3.05, 3.63) is 34.4 Å². The minimum absolute atomic E-state index is 0.0465. The second kappa shape index (κ2) is 4.15. The standard InChI is InChI=1S/C10H10ClNO2/c1-6-4-7(2-3-9(12)13)10(14)8(11)5-6/h2-5,14H,1H3,(H2,12,13)/b3-2-. The summed E-state index contributed by atoms with van der Waals surface area (Å²) in [7, 11) is 0. The molecule has 14 heavy (non-hydrogen) atoms. The number of amides is 1. The van der Waals surface area contributed by atoms with E-state index in [2.05, 4.69) is 0 Å². The Balaban J connectivity index is 3.14. The van der Waals surface area contributed by atoms with E-state index >= 15 is 0 Å². The van der Waals surface area contributed by atoms with Gasteiger partial charge in [0.25, 0.3) is 0 Å². The second-order valence-electron chi connectivity index (χ2n) is 2.92. The molecule has 0 heterocycles. The van der Waals surface area contributed by atoms with E-state index in [1.807, 2.05) is 6.92 Å². The number of aryl methyl sites for hydroxylation is 1. The number of carbonyl (C=O) groups is 1. The Kier molecular flexibility index (Phi) is 3.14. The topological polar surface area (TPSA) is 63.3 Å². The third-order valence-corrected chi connectivity index (χ3v) is 1.95. The van der Waals surface area contributed by atoms with E-state index in [1.165, 1.54) is 12.2 Å². The molecule has 0 saturated carbocycles. The van der Waals surface area contributed by atoms with Crippen LogP contribution in [-0.4, -0.2) is 11.0 Å². The molecule has 0 atom stereocenters. The molecule has 74 valence electrons. The van der Waals surface area contributed by atoms with Gasteiger partial charge in [0.15, 0.2) is 0 Å². The minimum atomic E-state index is -0.568. The maximum absolute atomic E-state index is 10.5. The number of hydrogen-bond donors (Lipinski definition) is 2. The van der Waals surface area contributed by atoms with Crippen molar-refractivity contribution in [2.24, 2.45) is 5.73 Å². The van der Waals surface area contributed by atoms with Crippen LogP contribution in [0, 0.1) is 6.92 Å². The molecule has 4 heteroatoms. The molecule has 1 rings (SSSR count). The van der Waals surface area contributed by atoms with Gasteiger partial charge in [0, 0.05) is 11.6 Å². The van der Waals surface area contributed by atoms with E-state index < -0.39 is 5.91 Å². The van der Waals surface area contributed by atoms with Crippen LogP contribution in [0.15, 0.2) is 18.2 Å². The van der Waals surface area contributed by atoms with Crippen LogP contribution < -0.4 is 5.73 Å². The second-order valence-corrected chi connectivity index (χ2v) is 3.33. The fourth-order valence-electron chi connectivity index (χ4n) is 1.06. The smallest absolute Gasteiger partial charge is 0.241 e. The van der Waals surface area contributed by atoms with Crippen LogP contribution in [0.3, 0.4) is 0 Å². The molecule has 0 aliphatic rings. The number of aromatic hydroxyl groups is 1. The van der Waals surface area contributed by atoms with Crippen LogP contribution >= 0.6 is 11.6 Å². The summed E-state index contributed by atoms with van der Waals surface area (Å²) in [5.74, 6) is -0.614. The van der Waals surface area contributed by atoms with Crippen molar-refractivity contribution in [2.45, 2.75) is 6.92 Å². The van der Waals surface area contributed by atoms with Gasteiger partial charge in [-0.2, -0.15) is 0 Å². The van der Waals surface area contributed by atoms with E-state index in [0.29, 0.717) is 5.56 Å². The summed E-state index contributed by atoms with van der Waals surface area (Å²) in [6.45, 7) is 1.84. The average Bonchev–Trinajstić information content (AvgIpc) is 2.08. The number of carbonyl (C=O) groups excluding carboxylic acids is 1. The average molecular weight is 212 g/mol. The van der Waals surface area contributed by atoms with Gasteiger partial charge in [0.2, 0.25) is 5.91 Å². The monoisotopic (exact) mass is 211 g/mol. The first-order valence-corrected chi connectivity index (χ1v) is 4.35. The van der Waals surface area contributed by atoms with Gasteiger partial charge in [-0.15, -0.1) is 0 Å². The van der Waals surface area contributed by atoms with E-state index in [1.54, 1.807) is 12.1 Å². The number of benzene rings is 1. The summed E-state index contributed by atoms with van der Waals surface area (Å²) >= 11 is 5.73. The molecular weight excluding hydrogens is 202 g/mol. The van der Waals surface area contributed by atoms with Crippen LogP contribution in [0.25, 0.3) is 6.08 Å². The summed E-state index contributed by atoms with van der Waals surface area (Å²) in [4.78, 5) is 10.5. The molecule has 0 spiro atoms. The normalized spacial score (nSPS) is 10.7. The molecule has 1 aromatic carbocycles. The summed E-state index contributed by atoms with van der Waals surface area (Å²) in [5, 5.41) is 9.76. The van der Waals surface area contributed by atoms with Crippen LogP contribution in [0.5, 0.6) is 5.75 Å². The molecule has 0 aliphatic heterocycles. The zero-order valence-corrected chi connectivity index (χ0v) is 8.38. The van der Waals surface area contributed by atoms with Gasteiger partial charge in [0.1, 0.15) is 5.75 Å². The number of phenolic OH excluding ortho intramolecular Hbond substituents is 1. The Labute approximate surface area is 86.8 Å². The first-order chi connectivity index (χ1) is 6.50. The molecule has 1 aromatic rings. The molecule has 0 radical (unpaired) electrons. The lowest BCUT2D eigenvalue weighted by Crippen LogP contribution is -2.05. The van der Waals surface area contributed by atoms with Crippen molar-refractivity contribution in [3.63, 3.8) is 0 Å². The largest absolute Gasteiger partial charge is 0.506 e. The maximum Gasteiger partial charge on any atom is 0.241 e. The summed E-state index contributed by atoms with van der Waals surface area (Å²) in [6.07, 6.45) is 2.60. The minimum Gasteiger partial charge on any atom is -0.506 e. The number of rotatable bonds is 2. The zero-order chi connectivity index (χ0) is 10.7. The fraction of sp³-hybridized carbons (Fsp3) is 0.100. The van der Waals surface area contributed by atoms with Gasteiger partial charge in [-0.25, -0.2) is 0 Å². The van der Waals surface area contributed by atoms with Crippen LogP contribution in [0.4, 0.5) is 0 Å². The Morgan fingerprint density at radius 2 is 2.21 bits per heavy atom. The van der Waals surface area contributed by atoms with Gasteiger partial charge in [-0.3, -0.25) is 4.79 Å². The number of primary amides is 1. The molecule has 0 saturated heterocycles. The Morgan fingerprint density at radius 3 is 2.79 bits per heavy atom. The van der Waals surface area contributed by atoms with Gasteiger partial charge >= 0.3 is 0 Å². The molecule has 3 nitrogen and oxygen atoms in total. The van der Waals surface area contributed by atoms with E-state index in [0.717, 1.165) is 5.56 Å². The Morgan fingerprint density at radius 1 is 1.57 bits per heavy atom. The van der Waals surface area contributed by atoms with Crippen molar-refractivity contribution < 1.29 is 9.90 Å². The van der Waals surface area contributed by atoms with Crippen molar-refractivity contribution in [1.29, 1.82) is 0 Å². The quantitative estimate of drug-likeness (QED) is 0.734. The summed E-state index contributed by atoms with van der Waals surface area (Å²) in [5.41, 5.74) is 6.31. The van der Waals surface area contributed by atoms with Crippen LogP contribution in [0.2, 0.25) is 5.02 Å². The van der Waals surface area contributed by atoms with Crippen molar-refractivity contribution in [3.8, 4) is 5.75 Å². The number of halogens is 1. The van der Waals surface area contributed by atoms with Crippen molar-refractivity contribution in [2.75, 3.05) is 0 Å². The highest BCUT2D eigenvalue weighted by Crippen LogP contribution is 2.29. The maximum atomic E-state index is 10.5. The molecule has 3 N–H and O–H groups in total. The molecule has 1 amide bonds. The highest BCUT2D eigenvalue weighted by Gasteiger charge is 2.04. The molecule has 0 unspecified atom stereocenters. The predicted octanol–water partition coefficient (Wildman–Crippen LogP) is 1.85. The van der Waals surface area contributed by atoms with Gasteiger partial charge in [-0.05, 0) is 30.7 Å². The Hall–Kier alpha value is -1.48. The first kappa shape index (κ1) is 10.6. The molecular formula is C10H10ClNO2. The number of nitrogens with two attached hydrogens (primary N) is 1. The first-order valence-electron chi connectivity index (χ1n) is 3.97. The molecule has 0 bridgehead atoms. The summed E-state index contributed by atoms with van der Waals surface area (Å²) in [6, 6.07) is 3.35. The molecule has 0 aliphatic carbocycles. The van der Waals surface area contributed by atoms with Gasteiger partial charge in [-0.1, -0.05) is 11.6 Å². The SMILES string of the molecule is Cc1cc(Cl)c(O)c(/C=C\C(N)=O)c1. The lowest BCUT2D eigenvalue weighted by Gasteiger charge is -2.03. The zero-order valence-electron chi connectivity index (χ0n) is 7.62. The molecule has 0 aromatic heterocycles. The lowest BCUT2D eigenvalue weighted by molar-refractivity contribution is -0.113. The van der Waals surface area contributed by atoms with Gasteiger partial charge in [0.05, 0.1) is 5.02 Å². The Bertz CT molecular complexity index is 399. The van der Waals surface area contributed by atoms with E-state index in [9.17, 15) is 9.90 Å². The highest BCUT2D eigenvalue weighted by molar-refractivity contribution is 6.32. The van der Waals surface area contributed by atoms with E-state index in [4.69, 9.17) is 17.3 Å². The predicted molar refractivity (Wildman–Crippen MR) is 56.1 cm³/mol. The van der Waals surface area contributed by atoms with Crippen LogP contribution in [-0.2, 0) is 4.79 Å². The molecule has 0 fully saturated rings. The van der Waals surface area contributed by atoms with Crippen molar-refractivity contribution >= 4 is 23.6 Å². The third-order valence-electron chi connectivity index (χ3n) is 1.66.